The average Bonchev–Trinajstić information content (AvgIpc) is 2.08. The molecule has 0 aromatic carbocycles. The van der Waals surface area contributed by atoms with Gasteiger partial charge in [0, 0.05) is 17.2 Å². The molecule has 2 nitrogen and oxygen atoms in total. The fourth-order valence-corrected chi connectivity index (χ4v) is 2.01. The molecular weight excluding hydrogens is 184 g/mol. The van der Waals surface area contributed by atoms with Crippen LogP contribution in [0.25, 0.3) is 0 Å². The molecule has 0 aromatic heterocycles. The van der Waals surface area contributed by atoms with Crippen molar-refractivity contribution in [3.05, 3.63) is 23.8 Å². The van der Waals surface area contributed by atoms with Crippen LogP contribution in [0.15, 0.2) is 23.8 Å². The van der Waals surface area contributed by atoms with Gasteiger partial charge in [-0.25, -0.2) is 0 Å². The summed E-state index contributed by atoms with van der Waals surface area (Å²) < 4.78 is 0. The predicted octanol–water partition coefficient (Wildman–Crippen LogP) is 1.19. The standard InChI is InChI=1S/C10H10O2S/c11-9-4-6-1-2-8(13)3-7(6)5-10(9)12/h1-2,5-6,9,11H,3-4H2. The molecule has 0 spiro atoms. The van der Waals surface area contributed by atoms with E-state index in [4.69, 9.17) is 12.2 Å². The summed E-state index contributed by atoms with van der Waals surface area (Å²) in [5, 5.41) is 9.32. The highest BCUT2D eigenvalue weighted by Gasteiger charge is 2.28. The molecule has 68 valence electrons. The van der Waals surface area contributed by atoms with Gasteiger partial charge in [0.05, 0.1) is 0 Å². The lowest BCUT2D eigenvalue weighted by Crippen LogP contribution is -2.29. The van der Waals surface area contributed by atoms with Crippen molar-refractivity contribution in [1.29, 1.82) is 0 Å². The summed E-state index contributed by atoms with van der Waals surface area (Å²) in [6.45, 7) is 0. The number of aliphatic hydroxyl groups excluding tert-OH is 1. The maximum Gasteiger partial charge on any atom is 0.184 e. The molecule has 0 saturated carbocycles. The fraction of sp³-hybridized carbons (Fsp3) is 0.400. The third kappa shape index (κ3) is 1.62. The lowest BCUT2D eigenvalue weighted by atomic mass is 9.80. The van der Waals surface area contributed by atoms with Crippen LogP contribution >= 0.6 is 12.2 Å². The van der Waals surface area contributed by atoms with E-state index < -0.39 is 6.10 Å². The molecule has 2 aliphatic carbocycles. The zero-order valence-corrected chi connectivity index (χ0v) is 7.88. The Morgan fingerprint density at radius 1 is 1.54 bits per heavy atom. The highest BCUT2D eigenvalue weighted by molar-refractivity contribution is 7.80. The van der Waals surface area contributed by atoms with Crippen molar-refractivity contribution in [3.63, 3.8) is 0 Å². The molecule has 0 radical (unpaired) electrons. The van der Waals surface area contributed by atoms with Gasteiger partial charge in [-0.1, -0.05) is 29.9 Å². The Bertz CT molecular complexity index is 328. The number of allylic oxidation sites excluding steroid dienone is 3. The van der Waals surface area contributed by atoms with Crippen LogP contribution in [0.1, 0.15) is 12.8 Å². The summed E-state index contributed by atoms with van der Waals surface area (Å²) in [6, 6.07) is 0. The van der Waals surface area contributed by atoms with E-state index in [1.807, 2.05) is 12.2 Å². The minimum Gasteiger partial charge on any atom is -0.385 e. The second kappa shape index (κ2) is 3.16. The number of hydrogen-bond donors (Lipinski definition) is 1. The first-order valence-corrected chi connectivity index (χ1v) is 4.71. The Hall–Kier alpha value is -0.800. The largest absolute Gasteiger partial charge is 0.385 e. The number of ketones is 1. The molecule has 2 unspecified atom stereocenters. The predicted molar refractivity (Wildman–Crippen MR) is 53.6 cm³/mol. The second-order valence-electron chi connectivity index (χ2n) is 3.48. The van der Waals surface area contributed by atoms with E-state index in [-0.39, 0.29) is 11.7 Å². The fourth-order valence-electron chi connectivity index (χ4n) is 1.76. The van der Waals surface area contributed by atoms with E-state index in [2.05, 4.69) is 0 Å². The van der Waals surface area contributed by atoms with Crippen molar-refractivity contribution in [2.24, 2.45) is 5.92 Å². The monoisotopic (exact) mass is 194 g/mol. The third-order valence-corrected chi connectivity index (χ3v) is 2.78. The van der Waals surface area contributed by atoms with E-state index in [0.29, 0.717) is 12.8 Å². The molecular formula is C10H10O2S. The molecule has 13 heavy (non-hydrogen) atoms. The summed E-state index contributed by atoms with van der Waals surface area (Å²) in [5.41, 5.74) is 1.06. The second-order valence-corrected chi connectivity index (χ2v) is 4.01. The van der Waals surface area contributed by atoms with E-state index in [1.165, 1.54) is 0 Å². The summed E-state index contributed by atoms with van der Waals surface area (Å²) in [4.78, 5) is 12.0. The highest BCUT2D eigenvalue weighted by Crippen LogP contribution is 2.30. The lowest BCUT2D eigenvalue weighted by Gasteiger charge is -2.26. The molecule has 0 amide bonds. The minimum absolute atomic E-state index is 0.177. The number of fused-ring (bicyclic) bond motifs is 1. The van der Waals surface area contributed by atoms with Crippen LogP contribution in [-0.2, 0) is 4.79 Å². The van der Waals surface area contributed by atoms with Gasteiger partial charge in [-0.15, -0.1) is 0 Å². The topological polar surface area (TPSA) is 37.3 Å². The van der Waals surface area contributed by atoms with E-state index >= 15 is 0 Å². The van der Waals surface area contributed by atoms with Gasteiger partial charge in [-0.2, -0.15) is 0 Å². The Kier molecular flexibility index (Phi) is 2.14. The molecule has 2 aliphatic rings. The van der Waals surface area contributed by atoms with E-state index in [1.54, 1.807) is 6.08 Å². The summed E-state index contributed by atoms with van der Waals surface area (Å²) in [7, 11) is 0. The van der Waals surface area contributed by atoms with Crippen molar-refractivity contribution in [2.45, 2.75) is 18.9 Å². The van der Waals surface area contributed by atoms with Gasteiger partial charge in [0.25, 0.3) is 0 Å². The van der Waals surface area contributed by atoms with Gasteiger partial charge in [0.15, 0.2) is 5.78 Å². The van der Waals surface area contributed by atoms with Gasteiger partial charge in [0.2, 0.25) is 0 Å². The van der Waals surface area contributed by atoms with Crippen LogP contribution in [0, 0.1) is 5.92 Å². The highest BCUT2D eigenvalue weighted by atomic mass is 32.1. The van der Waals surface area contributed by atoms with Gasteiger partial charge in [-0.05, 0) is 12.5 Å². The molecule has 2 atom stereocenters. The molecule has 1 N–H and O–H groups in total. The molecule has 0 aromatic rings. The molecule has 0 aliphatic heterocycles. The minimum atomic E-state index is -0.815. The summed E-state index contributed by atoms with van der Waals surface area (Å²) >= 11 is 5.04. The van der Waals surface area contributed by atoms with Crippen LogP contribution in [0.2, 0.25) is 0 Å². The van der Waals surface area contributed by atoms with Gasteiger partial charge in [-0.3, -0.25) is 4.79 Å². The van der Waals surface area contributed by atoms with Crippen LogP contribution in [0.5, 0.6) is 0 Å². The SMILES string of the molecule is O=C1C=C2CC(=S)C=CC2CC1O. The number of thiocarbonyl (C=S) groups is 1. The van der Waals surface area contributed by atoms with Crippen LogP contribution in [0.3, 0.4) is 0 Å². The number of carbonyl (C=O) groups excluding carboxylic acids is 1. The van der Waals surface area contributed by atoms with Crippen LogP contribution in [-0.4, -0.2) is 21.9 Å². The molecule has 3 heteroatoms. The number of aliphatic hydroxyl groups is 1. The van der Waals surface area contributed by atoms with Crippen LogP contribution < -0.4 is 0 Å². The summed E-state index contributed by atoms with van der Waals surface area (Å²) in [6.07, 6.45) is 5.84. The Balaban J connectivity index is 2.31. The number of hydrogen-bond acceptors (Lipinski definition) is 3. The molecule has 0 bridgehead atoms. The first-order chi connectivity index (χ1) is 6.16. The Morgan fingerprint density at radius 3 is 3.08 bits per heavy atom. The number of carbonyl (C=O) groups is 1. The molecule has 2 rings (SSSR count). The maximum absolute atomic E-state index is 11.2. The van der Waals surface area contributed by atoms with Crippen molar-refractivity contribution in [1.82, 2.24) is 0 Å². The van der Waals surface area contributed by atoms with E-state index in [0.717, 1.165) is 10.4 Å². The molecule has 0 fully saturated rings. The quantitative estimate of drug-likeness (QED) is 0.589. The van der Waals surface area contributed by atoms with Gasteiger partial charge in [0.1, 0.15) is 6.10 Å². The summed E-state index contributed by atoms with van der Waals surface area (Å²) in [5.74, 6) is 0.0451. The normalized spacial score (nSPS) is 32.8. The molecule has 0 heterocycles. The maximum atomic E-state index is 11.2. The zero-order valence-electron chi connectivity index (χ0n) is 7.06. The van der Waals surface area contributed by atoms with Gasteiger partial charge < -0.3 is 5.11 Å². The Labute approximate surface area is 81.9 Å². The third-order valence-electron chi connectivity index (χ3n) is 2.50. The van der Waals surface area contributed by atoms with Crippen molar-refractivity contribution in [2.75, 3.05) is 0 Å². The van der Waals surface area contributed by atoms with Gasteiger partial charge >= 0.3 is 0 Å². The number of rotatable bonds is 0. The molecule has 0 saturated heterocycles. The Morgan fingerprint density at radius 2 is 2.31 bits per heavy atom. The first kappa shape index (κ1) is 8.78. The van der Waals surface area contributed by atoms with Crippen molar-refractivity contribution in [3.8, 4) is 0 Å². The van der Waals surface area contributed by atoms with Crippen LogP contribution in [0.4, 0.5) is 0 Å². The lowest BCUT2D eigenvalue weighted by molar-refractivity contribution is -0.123. The average molecular weight is 194 g/mol. The van der Waals surface area contributed by atoms with Crippen molar-refractivity contribution >= 4 is 22.9 Å². The van der Waals surface area contributed by atoms with Crippen molar-refractivity contribution < 1.29 is 9.90 Å². The van der Waals surface area contributed by atoms with E-state index in [9.17, 15) is 9.90 Å². The zero-order chi connectivity index (χ0) is 9.42. The first-order valence-electron chi connectivity index (χ1n) is 4.30. The smallest absolute Gasteiger partial charge is 0.184 e.